The molecule has 0 aliphatic carbocycles. The van der Waals surface area contributed by atoms with Crippen molar-refractivity contribution in [1.82, 2.24) is 0 Å². The molecule has 0 saturated heterocycles. The number of methoxy groups -OCH3 is 1. The van der Waals surface area contributed by atoms with Crippen molar-refractivity contribution in [1.29, 1.82) is 0 Å². The topological polar surface area (TPSA) is 75.0 Å². The van der Waals surface area contributed by atoms with Crippen LogP contribution >= 0.6 is 0 Å². The Hall–Kier alpha value is -3.28. The van der Waals surface area contributed by atoms with Crippen LogP contribution in [0.2, 0.25) is 0 Å². The third-order valence-electron chi connectivity index (χ3n) is 4.01. The fraction of sp³-hybridized carbons (Fsp3) is 0.238. The normalized spacial score (nSPS) is 10.6. The fourth-order valence-corrected chi connectivity index (χ4v) is 2.79. The van der Waals surface area contributed by atoms with Crippen LogP contribution in [0.3, 0.4) is 0 Å². The van der Waals surface area contributed by atoms with Crippen LogP contribution in [-0.2, 0) is 4.74 Å². The van der Waals surface area contributed by atoms with Crippen molar-refractivity contribution in [2.24, 2.45) is 0 Å². The predicted octanol–water partition coefficient (Wildman–Crippen LogP) is 4.04. The highest BCUT2D eigenvalue weighted by Gasteiger charge is 2.23. The van der Waals surface area contributed by atoms with Crippen LogP contribution in [0.1, 0.15) is 24.4 Å². The Morgan fingerprint density at radius 1 is 1.00 bits per heavy atom. The molecule has 0 bridgehead atoms. The van der Waals surface area contributed by atoms with E-state index in [1.807, 2.05) is 6.92 Å². The quantitative estimate of drug-likeness (QED) is 0.611. The summed E-state index contributed by atoms with van der Waals surface area (Å²) in [6.45, 7) is 4.19. The maximum atomic E-state index is 13.1. The number of esters is 1. The monoisotopic (exact) mass is 368 g/mol. The summed E-state index contributed by atoms with van der Waals surface area (Å²) < 4.78 is 21.5. The van der Waals surface area contributed by atoms with Crippen LogP contribution in [0.15, 0.2) is 51.7 Å². The zero-order chi connectivity index (χ0) is 19.4. The van der Waals surface area contributed by atoms with Gasteiger partial charge in [-0.25, -0.2) is 4.79 Å². The van der Waals surface area contributed by atoms with E-state index < -0.39 is 5.97 Å². The standard InChI is InChI=1S/C21H20O6/c1-4-25-15-10-11-16-17(12-15)27-20(21(23)26-5-2)18(19(16)22)13-6-8-14(24-3)9-7-13/h6-12H,4-5H2,1-3H3. The number of carbonyl (C=O) groups is 1. The van der Waals surface area contributed by atoms with Crippen molar-refractivity contribution in [2.45, 2.75) is 13.8 Å². The van der Waals surface area contributed by atoms with Gasteiger partial charge in [-0.3, -0.25) is 4.79 Å². The molecule has 0 N–H and O–H groups in total. The molecular weight excluding hydrogens is 348 g/mol. The van der Waals surface area contributed by atoms with Gasteiger partial charge >= 0.3 is 5.97 Å². The van der Waals surface area contributed by atoms with E-state index in [9.17, 15) is 9.59 Å². The van der Waals surface area contributed by atoms with Gasteiger partial charge in [0.2, 0.25) is 11.2 Å². The van der Waals surface area contributed by atoms with Gasteiger partial charge in [-0.2, -0.15) is 0 Å². The van der Waals surface area contributed by atoms with Crippen LogP contribution in [0.4, 0.5) is 0 Å². The van der Waals surface area contributed by atoms with Crippen molar-refractivity contribution < 1.29 is 23.4 Å². The maximum Gasteiger partial charge on any atom is 0.375 e. The van der Waals surface area contributed by atoms with Crippen molar-refractivity contribution in [3.8, 4) is 22.6 Å². The summed E-state index contributed by atoms with van der Waals surface area (Å²) in [5.74, 6) is 0.375. The molecule has 0 radical (unpaired) electrons. The SMILES string of the molecule is CCOC(=O)c1oc2cc(OCC)ccc2c(=O)c1-c1ccc(OC)cc1. The highest BCUT2D eigenvalue weighted by atomic mass is 16.5. The zero-order valence-corrected chi connectivity index (χ0v) is 15.4. The smallest absolute Gasteiger partial charge is 0.375 e. The first-order valence-electron chi connectivity index (χ1n) is 8.64. The molecule has 2 aromatic carbocycles. The molecule has 6 nitrogen and oxygen atoms in total. The summed E-state index contributed by atoms with van der Waals surface area (Å²) in [7, 11) is 1.55. The number of rotatable bonds is 6. The number of fused-ring (bicyclic) bond motifs is 1. The van der Waals surface area contributed by atoms with Crippen molar-refractivity contribution >= 4 is 16.9 Å². The summed E-state index contributed by atoms with van der Waals surface area (Å²) in [6, 6.07) is 11.8. The highest BCUT2D eigenvalue weighted by molar-refractivity contribution is 5.97. The minimum absolute atomic E-state index is 0.131. The molecule has 140 valence electrons. The van der Waals surface area contributed by atoms with E-state index in [1.165, 1.54) is 0 Å². The van der Waals surface area contributed by atoms with Crippen molar-refractivity contribution in [2.75, 3.05) is 20.3 Å². The molecular formula is C21H20O6. The zero-order valence-electron chi connectivity index (χ0n) is 15.4. The van der Waals surface area contributed by atoms with E-state index in [0.29, 0.717) is 29.1 Å². The lowest BCUT2D eigenvalue weighted by atomic mass is 10.0. The average Bonchev–Trinajstić information content (AvgIpc) is 2.68. The molecule has 0 amide bonds. The number of benzene rings is 2. The second-order valence-corrected chi connectivity index (χ2v) is 5.68. The second kappa shape index (κ2) is 7.95. The van der Waals surface area contributed by atoms with Crippen LogP contribution in [0, 0.1) is 0 Å². The Morgan fingerprint density at radius 3 is 2.33 bits per heavy atom. The van der Waals surface area contributed by atoms with Crippen molar-refractivity contribution in [3.05, 3.63) is 58.4 Å². The van der Waals surface area contributed by atoms with Gasteiger partial charge in [0, 0.05) is 6.07 Å². The average molecular weight is 368 g/mol. The summed E-state index contributed by atoms with van der Waals surface area (Å²) in [6.07, 6.45) is 0. The van der Waals surface area contributed by atoms with E-state index in [1.54, 1.807) is 56.5 Å². The minimum atomic E-state index is -0.691. The Kier molecular flexibility index (Phi) is 5.45. The van der Waals surface area contributed by atoms with Gasteiger partial charge in [0.15, 0.2) is 0 Å². The molecule has 1 heterocycles. The molecule has 0 spiro atoms. The third-order valence-corrected chi connectivity index (χ3v) is 4.01. The maximum absolute atomic E-state index is 13.1. The molecule has 27 heavy (non-hydrogen) atoms. The lowest BCUT2D eigenvalue weighted by Gasteiger charge is -2.11. The van der Waals surface area contributed by atoms with Crippen LogP contribution < -0.4 is 14.9 Å². The van der Waals surface area contributed by atoms with Gasteiger partial charge in [0.25, 0.3) is 0 Å². The number of carbonyl (C=O) groups excluding carboxylic acids is 1. The molecule has 0 saturated carbocycles. The molecule has 6 heteroatoms. The number of ether oxygens (including phenoxy) is 3. The Balaban J connectivity index is 2.26. The van der Waals surface area contributed by atoms with E-state index >= 15 is 0 Å². The van der Waals surface area contributed by atoms with Crippen LogP contribution in [-0.4, -0.2) is 26.3 Å². The first kappa shape index (κ1) is 18.5. The first-order valence-corrected chi connectivity index (χ1v) is 8.64. The predicted molar refractivity (Wildman–Crippen MR) is 102 cm³/mol. The number of hydrogen-bond acceptors (Lipinski definition) is 6. The molecule has 0 aliphatic heterocycles. The van der Waals surface area contributed by atoms with Gasteiger partial charge < -0.3 is 18.6 Å². The van der Waals surface area contributed by atoms with E-state index in [4.69, 9.17) is 18.6 Å². The Morgan fingerprint density at radius 2 is 1.70 bits per heavy atom. The van der Waals surface area contributed by atoms with Gasteiger partial charge in [-0.1, -0.05) is 12.1 Å². The van der Waals surface area contributed by atoms with E-state index in [-0.39, 0.29) is 28.9 Å². The van der Waals surface area contributed by atoms with E-state index in [2.05, 4.69) is 0 Å². The van der Waals surface area contributed by atoms with Crippen molar-refractivity contribution in [3.63, 3.8) is 0 Å². The molecule has 3 aromatic rings. The van der Waals surface area contributed by atoms with Gasteiger partial charge in [0.1, 0.15) is 17.1 Å². The molecule has 0 atom stereocenters. The minimum Gasteiger partial charge on any atom is -0.497 e. The Labute approximate surface area is 156 Å². The summed E-state index contributed by atoms with van der Waals surface area (Å²) in [4.78, 5) is 25.6. The fourth-order valence-electron chi connectivity index (χ4n) is 2.79. The molecule has 0 aliphatic rings. The third kappa shape index (κ3) is 3.65. The summed E-state index contributed by atoms with van der Waals surface area (Å²) >= 11 is 0. The largest absolute Gasteiger partial charge is 0.497 e. The van der Waals surface area contributed by atoms with Gasteiger partial charge in [-0.15, -0.1) is 0 Å². The Bertz CT molecular complexity index is 1020. The summed E-state index contributed by atoms with van der Waals surface area (Å²) in [5, 5.41) is 0.359. The summed E-state index contributed by atoms with van der Waals surface area (Å²) in [5.41, 5.74) is 0.662. The molecule has 3 rings (SSSR count). The van der Waals surface area contributed by atoms with Crippen LogP contribution in [0.25, 0.3) is 22.1 Å². The number of hydrogen-bond donors (Lipinski definition) is 0. The second-order valence-electron chi connectivity index (χ2n) is 5.68. The van der Waals surface area contributed by atoms with Crippen LogP contribution in [0.5, 0.6) is 11.5 Å². The molecule has 0 unspecified atom stereocenters. The highest BCUT2D eigenvalue weighted by Crippen LogP contribution is 2.28. The first-order chi connectivity index (χ1) is 13.1. The van der Waals surface area contributed by atoms with Gasteiger partial charge in [-0.05, 0) is 43.7 Å². The molecule has 0 fully saturated rings. The lowest BCUT2D eigenvalue weighted by molar-refractivity contribution is 0.0492. The van der Waals surface area contributed by atoms with E-state index in [0.717, 1.165) is 0 Å². The lowest BCUT2D eigenvalue weighted by Crippen LogP contribution is -2.15. The van der Waals surface area contributed by atoms with Gasteiger partial charge in [0.05, 0.1) is 31.3 Å². The molecule has 1 aromatic heterocycles.